The van der Waals surface area contributed by atoms with Crippen LogP contribution in [0.4, 0.5) is 0 Å². The number of aliphatic hydroxyl groups is 1. The Morgan fingerprint density at radius 1 is 1.33 bits per heavy atom. The van der Waals surface area contributed by atoms with Crippen molar-refractivity contribution in [2.45, 2.75) is 37.9 Å². The predicted octanol–water partition coefficient (Wildman–Crippen LogP) is -1.47. The van der Waals surface area contributed by atoms with Crippen LogP contribution in [0.1, 0.15) is 13.2 Å². The summed E-state index contributed by atoms with van der Waals surface area (Å²) < 4.78 is 23.1. The standard InChI is InChI=1S/C12H16N2O7/c1-2-18-12-20-8-6(5-15)19-10(9(8)21-12)14-4-3-7(16)13-11(14)17/h3-4,6,8-10,12,15H,2,5H2,1H3,(H,13,16,17)/t6-,8-,9-,10-,12?/m1/s1. The molecule has 2 aliphatic rings. The van der Waals surface area contributed by atoms with Crippen molar-refractivity contribution in [3.63, 3.8) is 0 Å². The average Bonchev–Trinajstić information content (AvgIpc) is 2.98. The zero-order valence-electron chi connectivity index (χ0n) is 11.3. The van der Waals surface area contributed by atoms with Gasteiger partial charge < -0.3 is 24.1 Å². The van der Waals surface area contributed by atoms with Crippen LogP contribution < -0.4 is 11.2 Å². The first-order valence-corrected chi connectivity index (χ1v) is 6.64. The van der Waals surface area contributed by atoms with Crippen molar-refractivity contribution in [3.05, 3.63) is 33.1 Å². The van der Waals surface area contributed by atoms with Crippen LogP contribution in [-0.4, -0.2) is 52.7 Å². The van der Waals surface area contributed by atoms with E-state index in [1.54, 1.807) is 6.92 Å². The van der Waals surface area contributed by atoms with Gasteiger partial charge in [0.1, 0.15) is 18.3 Å². The zero-order valence-corrected chi connectivity index (χ0v) is 11.3. The Balaban J connectivity index is 1.89. The highest BCUT2D eigenvalue weighted by atomic mass is 16.9. The molecule has 2 N–H and O–H groups in total. The van der Waals surface area contributed by atoms with E-state index in [4.69, 9.17) is 18.9 Å². The topological polar surface area (TPSA) is 112 Å². The number of hydrogen-bond acceptors (Lipinski definition) is 7. The van der Waals surface area contributed by atoms with Crippen LogP contribution in [0, 0.1) is 0 Å². The highest BCUT2D eigenvalue weighted by molar-refractivity contribution is 4.96. The van der Waals surface area contributed by atoms with Crippen LogP contribution in [0.2, 0.25) is 0 Å². The van der Waals surface area contributed by atoms with Crippen LogP contribution in [0.3, 0.4) is 0 Å². The Morgan fingerprint density at radius 3 is 2.76 bits per heavy atom. The largest absolute Gasteiger partial charge is 0.394 e. The number of nitrogens with one attached hydrogen (secondary N) is 1. The SMILES string of the molecule is CCOC1O[C@@H]2[C@H](O1)[C@@H](CO)O[C@H]2n1ccc(=O)[nH]c1=O. The van der Waals surface area contributed by atoms with Crippen molar-refractivity contribution in [1.82, 2.24) is 9.55 Å². The fraction of sp³-hybridized carbons (Fsp3) is 0.667. The van der Waals surface area contributed by atoms with Gasteiger partial charge in [-0.2, -0.15) is 0 Å². The summed E-state index contributed by atoms with van der Waals surface area (Å²) >= 11 is 0. The summed E-state index contributed by atoms with van der Waals surface area (Å²) in [6.07, 6.45) is -1.27. The summed E-state index contributed by atoms with van der Waals surface area (Å²) in [7, 11) is 0. The molecule has 5 atom stereocenters. The number of fused-ring (bicyclic) bond motifs is 1. The summed E-state index contributed by atoms with van der Waals surface area (Å²) in [5.74, 6) is 0. The molecule has 0 radical (unpaired) electrons. The van der Waals surface area contributed by atoms with Gasteiger partial charge in [0.2, 0.25) is 0 Å². The third kappa shape index (κ3) is 2.54. The van der Waals surface area contributed by atoms with E-state index < -0.39 is 42.3 Å². The fourth-order valence-electron chi connectivity index (χ4n) is 2.52. The summed E-state index contributed by atoms with van der Waals surface area (Å²) in [4.78, 5) is 25.1. The third-order valence-corrected chi connectivity index (χ3v) is 3.43. The minimum atomic E-state index is -0.857. The second kappa shape index (κ2) is 5.70. The summed E-state index contributed by atoms with van der Waals surface area (Å²) in [6, 6.07) is 1.21. The lowest BCUT2D eigenvalue weighted by Crippen LogP contribution is -2.36. The molecule has 0 aliphatic carbocycles. The van der Waals surface area contributed by atoms with Crippen molar-refractivity contribution in [3.8, 4) is 0 Å². The molecule has 0 saturated carbocycles. The van der Waals surface area contributed by atoms with Gasteiger partial charge in [-0.05, 0) is 6.92 Å². The van der Waals surface area contributed by atoms with Crippen molar-refractivity contribution in [2.75, 3.05) is 13.2 Å². The Morgan fingerprint density at radius 2 is 2.10 bits per heavy atom. The number of H-pyrrole nitrogens is 1. The number of hydrogen-bond donors (Lipinski definition) is 2. The molecule has 2 fully saturated rings. The molecule has 0 spiro atoms. The van der Waals surface area contributed by atoms with Crippen molar-refractivity contribution < 1.29 is 24.1 Å². The highest BCUT2D eigenvalue weighted by Crippen LogP contribution is 2.38. The molecule has 1 aromatic rings. The third-order valence-electron chi connectivity index (χ3n) is 3.43. The molecule has 1 unspecified atom stereocenters. The normalized spacial score (nSPS) is 35.0. The fourth-order valence-corrected chi connectivity index (χ4v) is 2.52. The number of ether oxygens (including phenoxy) is 4. The number of aliphatic hydroxyl groups excluding tert-OH is 1. The van der Waals surface area contributed by atoms with Gasteiger partial charge in [0.25, 0.3) is 12.0 Å². The quantitative estimate of drug-likeness (QED) is 0.698. The number of aromatic nitrogens is 2. The van der Waals surface area contributed by atoms with E-state index in [0.717, 1.165) is 0 Å². The first-order chi connectivity index (χ1) is 10.1. The minimum absolute atomic E-state index is 0.280. The van der Waals surface area contributed by atoms with Crippen molar-refractivity contribution in [1.29, 1.82) is 0 Å². The van der Waals surface area contributed by atoms with Gasteiger partial charge in [-0.3, -0.25) is 14.3 Å². The number of aromatic amines is 1. The molecule has 116 valence electrons. The maximum absolute atomic E-state index is 11.9. The molecule has 21 heavy (non-hydrogen) atoms. The zero-order chi connectivity index (χ0) is 15.0. The van der Waals surface area contributed by atoms with Gasteiger partial charge in [0.05, 0.1) is 6.61 Å². The molecule has 9 heteroatoms. The van der Waals surface area contributed by atoms with Crippen LogP contribution in [0.15, 0.2) is 21.9 Å². The maximum Gasteiger partial charge on any atom is 0.330 e. The van der Waals surface area contributed by atoms with Gasteiger partial charge in [-0.15, -0.1) is 0 Å². The monoisotopic (exact) mass is 300 g/mol. The van der Waals surface area contributed by atoms with Crippen LogP contribution in [0.25, 0.3) is 0 Å². The van der Waals surface area contributed by atoms with Crippen molar-refractivity contribution >= 4 is 0 Å². The Bertz CT molecular complexity index is 612. The van der Waals surface area contributed by atoms with Gasteiger partial charge in [-0.25, -0.2) is 4.79 Å². The summed E-state index contributed by atoms with van der Waals surface area (Å²) in [5, 5.41) is 9.36. The van der Waals surface area contributed by atoms with E-state index in [1.807, 2.05) is 0 Å². The number of rotatable bonds is 4. The molecule has 2 saturated heterocycles. The van der Waals surface area contributed by atoms with Crippen LogP contribution in [-0.2, 0) is 18.9 Å². The molecule has 9 nitrogen and oxygen atoms in total. The molecule has 0 bridgehead atoms. The van der Waals surface area contributed by atoms with E-state index in [-0.39, 0.29) is 6.61 Å². The van der Waals surface area contributed by atoms with Crippen LogP contribution in [0.5, 0.6) is 0 Å². The van der Waals surface area contributed by atoms with E-state index in [9.17, 15) is 14.7 Å². The lowest BCUT2D eigenvalue weighted by atomic mass is 10.1. The summed E-state index contributed by atoms with van der Waals surface area (Å²) in [5.41, 5.74) is -1.12. The molecule has 3 rings (SSSR count). The molecular formula is C12H16N2O7. The van der Waals surface area contributed by atoms with E-state index in [1.165, 1.54) is 16.8 Å². The molecule has 3 heterocycles. The minimum Gasteiger partial charge on any atom is -0.394 e. The van der Waals surface area contributed by atoms with Gasteiger partial charge >= 0.3 is 5.69 Å². The van der Waals surface area contributed by atoms with Gasteiger partial charge in [-0.1, -0.05) is 0 Å². The van der Waals surface area contributed by atoms with E-state index >= 15 is 0 Å². The molecule has 0 aromatic carbocycles. The Hall–Kier alpha value is -1.52. The van der Waals surface area contributed by atoms with Gasteiger partial charge in [0.15, 0.2) is 6.23 Å². The molecule has 0 amide bonds. The second-order valence-corrected chi connectivity index (χ2v) is 4.71. The second-order valence-electron chi connectivity index (χ2n) is 4.71. The predicted molar refractivity (Wildman–Crippen MR) is 67.5 cm³/mol. The Kier molecular flexibility index (Phi) is 3.91. The molecular weight excluding hydrogens is 284 g/mol. The van der Waals surface area contributed by atoms with Crippen molar-refractivity contribution in [2.24, 2.45) is 0 Å². The van der Waals surface area contributed by atoms with Gasteiger partial charge in [0, 0.05) is 18.9 Å². The van der Waals surface area contributed by atoms with E-state index in [2.05, 4.69) is 4.98 Å². The highest BCUT2D eigenvalue weighted by Gasteiger charge is 2.53. The first-order valence-electron chi connectivity index (χ1n) is 6.64. The Labute approximate surface area is 119 Å². The molecule has 2 aliphatic heterocycles. The van der Waals surface area contributed by atoms with Crippen LogP contribution >= 0.6 is 0 Å². The lowest BCUT2D eigenvalue weighted by molar-refractivity contribution is -0.266. The smallest absolute Gasteiger partial charge is 0.330 e. The molecule has 1 aromatic heterocycles. The lowest BCUT2D eigenvalue weighted by Gasteiger charge is -2.20. The average molecular weight is 300 g/mol. The van der Waals surface area contributed by atoms with E-state index in [0.29, 0.717) is 6.61 Å². The first kappa shape index (κ1) is 14.4. The number of nitrogens with zero attached hydrogens (tertiary/aromatic N) is 1. The summed E-state index contributed by atoms with van der Waals surface area (Å²) in [6.45, 7) is 1.06. The maximum atomic E-state index is 11.9.